The molecule has 12 nitrogen and oxygen atoms in total. The van der Waals surface area contributed by atoms with Gasteiger partial charge in [0.05, 0.1) is 0 Å². The molecule has 8 rings (SSSR count). The van der Waals surface area contributed by atoms with Crippen molar-refractivity contribution in [3.05, 3.63) is 155 Å². The van der Waals surface area contributed by atoms with E-state index < -0.39 is 33.8 Å². The fourth-order valence-electron chi connectivity index (χ4n) is 8.72. The maximum atomic E-state index is 14.8. The highest BCUT2D eigenvalue weighted by Gasteiger charge is 2.55. The number of carbonyl (C=O) groups is 2. The molecule has 0 spiro atoms. The molecule has 0 saturated carbocycles. The fraction of sp³-hybridized carbons (Fsp3) is 0.174. The Morgan fingerprint density at radius 2 is 0.655 bits per heavy atom. The number of hydrogen-bond acceptors (Lipinski definition) is 10. The van der Waals surface area contributed by atoms with Crippen LogP contribution in [0.1, 0.15) is 59.1 Å². The minimum Gasteiger partial charge on any atom is -0.504 e. The Kier molecular flexibility index (Phi) is 9.27. The van der Waals surface area contributed by atoms with E-state index in [1.165, 1.54) is 48.5 Å². The highest BCUT2D eigenvalue weighted by molar-refractivity contribution is 6.14. The molecule has 2 aliphatic rings. The molecule has 0 fully saturated rings. The van der Waals surface area contributed by atoms with Gasteiger partial charge >= 0.3 is 0 Å². The van der Waals surface area contributed by atoms with Gasteiger partial charge in [-0.25, -0.2) is 0 Å². The summed E-state index contributed by atoms with van der Waals surface area (Å²) in [5.74, 6) is -3.74. The number of fused-ring (bicyclic) bond motifs is 2. The van der Waals surface area contributed by atoms with Crippen LogP contribution in [0, 0.1) is 0 Å². The zero-order valence-corrected chi connectivity index (χ0v) is 31.1. The van der Waals surface area contributed by atoms with Gasteiger partial charge in [-0.15, -0.1) is 0 Å². The monoisotopic (exact) mass is 780 g/mol. The van der Waals surface area contributed by atoms with Crippen LogP contribution in [0.5, 0.6) is 46.0 Å². The molecular weight excluding hydrogens is 741 g/mol. The van der Waals surface area contributed by atoms with Crippen LogP contribution in [-0.2, 0) is 20.4 Å². The third-order valence-electron chi connectivity index (χ3n) is 11.5. The number of hydrogen-bond donors (Lipinski definition) is 8. The highest BCUT2D eigenvalue weighted by Crippen LogP contribution is 2.54. The summed E-state index contributed by atoms with van der Waals surface area (Å²) in [6.07, 6.45) is 2.55. The van der Waals surface area contributed by atoms with Crippen LogP contribution in [0.15, 0.2) is 121 Å². The highest BCUT2D eigenvalue weighted by atomic mass is 16.3. The minimum atomic E-state index is -1.52. The molecule has 0 atom stereocenters. The number of phenolic OH excluding ortho intramolecular Hbond substituents is 8. The Labute approximate surface area is 333 Å². The quantitative estimate of drug-likeness (QED) is 0.0502. The second-order valence-corrected chi connectivity index (χ2v) is 14.7. The fourth-order valence-corrected chi connectivity index (χ4v) is 8.72. The van der Waals surface area contributed by atoms with Gasteiger partial charge in [-0.3, -0.25) is 9.59 Å². The number of anilines is 2. The van der Waals surface area contributed by atoms with Gasteiger partial charge in [0, 0.05) is 35.6 Å². The van der Waals surface area contributed by atoms with Gasteiger partial charge in [-0.2, -0.15) is 0 Å². The van der Waals surface area contributed by atoms with Crippen molar-refractivity contribution in [3.8, 4) is 46.0 Å². The SMILES string of the molecule is O=C1N(CCCCCCN2C(=O)C(c3ccc(O)c(O)c3)(c3ccc(O)c(O)c3)c3ccccc32)c2ccccc2C1(c1ccc(O)c(O)c1)c1ccc(O)c(O)c1. The second kappa shape index (κ2) is 14.3. The van der Waals surface area contributed by atoms with Gasteiger partial charge in [0.15, 0.2) is 46.0 Å². The van der Waals surface area contributed by atoms with Crippen molar-refractivity contribution in [1.29, 1.82) is 0 Å². The van der Waals surface area contributed by atoms with E-state index in [0.717, 1.165) is 0 Å². The topological polar surface area (TPSA) is 202 Å². The molecule has 2 heterocycles. The third-order valence-corrected chi connectivity index (χ3v) is 11.5. The standard InChI is InChI=1S/C46H40N2O10/c49-35-17-13-27(23-39(35)53)45(28-14-18-36(50)40(54)24-28)31-9-3-5-11-33(31)47(43(45)57)21-7-1-2-8-22-48-34-12-6-4-10-32(34)46(44(48)58,29-15-19-37(51)41(55)25-29)30-16-20-38(52)42(56)26-30/h3-6,9-20,23-26,49-56H,1-2,7-8,21-22H2. The number of benzene rings is 6. The summed E-state index contributed by atoms with van der Waals surface area (Å²) < 4.78 is 0. The lowest BCUT2D eigenvalue weighted by molar-refractivity contribution is -0.121. The predicted octanol–water partition coefficient (Wildman–Crippen LogP) is 6.95. The number of rotatable bonds is 11. The molecule has 2 amide bonds. The molecule has 6 aromatic rings. The largest absolute Gasteiger partial charge is 0.504 e. The predicted molar refractivity (Wildman–Crippen MR) is 215 cm³/mol. The molecular formula is C46H40N2O10. The van der Waals surface area contributed by atoms with Crippen molar-refractivity contribution in [3.63, 3.8) is 0 Å². The molecule has 0 saturated heterocycles. The second-order valence-electron chi connectivity index (χ2n) is 14.7. The van der Waals surface area contributed by atoms with Crippen LogP contribution < -0.4 is 9.80 Å². The van der Waals surface area contributed by atoms with E-state index in [9.17, 15) is 50.4 Å². The summed E-state index contributed by atoms with van der Waals surface area (Å²) in [6, 6.07) is 31.3. The first-order chi connectivity index (χ1) is 27.9. The first kappa shape index (κ1) is 37.6. The average Bonchev–Trinajstić information content (AvgIpc) is 3.62. The molecule has 2 aliphatic heterocycles. The van der Waals surface area contributed by atoms with Crippen molar-refractivity contribution < 1.29 is 50.4 Å². The molecule has 294 valence electrons. The van der Waals surface area contributed by atoms with Crippen LogP contribution in [0.3, 0.4) is 0 Å². The molecule has 0 bridgehead atoms. The van der Waals surface area contributed by atoms with Gasteiger partial charge < -0.3 is 50.7 Å². The number of carbonyl (C=O) groups excluding carboxylic acids is 2. The van der Waals surface area contributed by atoms with Gasteiger partial charge in [0.25, 0.3) is 0 Å². The minimum absolute atomic E-state index is 0.328. The van der Waals surface area contributed by atoms with E-state index in [4.69, 9.17) is 0 Å². The Bertz CT molecular complexity index is 2320. The van der Waals surface area contributed by atoms with Gasteiger partial charge in [0.1, 0.15) is 10.8 Å². The van der Waals surface area contributed by atoms with Crippen molar-refractivity contribution in [1.82, 2.24) is 0 Å². The summed E-state index contributed by atoms with van der Waals surface area (Å²) in [5, 5.41) is 82.8. The Balaban J connectivity index is 1.03. The maximum absolute atomic E-state index is 14.8. The molecule has 6 aromatic carbocycles. The van der Waals surface area contributed by atoms with E-state index >= 15 is 0 Å². The maximum Gasteiger partial charge on any atom is 0.246 e. The Hall–Kier alpha value is -7.34. The Morgan fingerprint density at radius 3 is 0.948 bits per heavy atom. The summed E-state index contributed by atoms with van der Waals surface area (Å²) >= 11 is 0. The van der Waals surface area contributed by atoms with E-state index in [-0.39, 0.29) is 34.8 Å². The van der Waals surface area contributed by atoms with Crippen molar-refractivity contribution in [2.45, 2.75) is 36.5 Å². The zero-order chi connectivity index (χ0) is 40.9. The summed E-state index contributed by atoms with van der Waals surface area (Å²) in [7, 11) is 0. The van der Waals surface area contributed by atoms with E-state index in [1.807, 2.05) is 36.4 Å². The zero-order valence-electron chi connectivity index (χ0n) is 31.1. The normalized spacial score (nSPS) is 15.1. The lowest BCUT2D eigenvalue weighted by Crippen LogP contribution is -2.42. The van der Waals surface area contributed by atoms with Gasteiger partial charge in [-0.1, -0.05) is 73.5 Å². The lowest BCUT2D eigenvalue weighted by Gasteiger charge is -2.31. The average molecular weight is 781 g/mol. The van der Waals surface area contributed by atoms with Gasteiger partial charge in [0.2, 0.25) is 11.8 Å². The summed E-state index contributed by atoms with van der Waals surface area (Å²) in [6.45, 7) is 0.657. The third kappa shape index (κ3) is 5.67. The van der Waals surface area contributed by atoms with E-state index in [1.54, 1.807) is 46.2 Å². The molecule has 58 heavy (non-hydrogen) atoms. The Morgan fingerprint density at radius 1 is 0.362 bits per heavy atom. The van der Waals surface area contributed by atoms with Crippen LogP contribution in [0.2, 0.25) is 0 Å². The van der Waals surface area contributed by atoms with Gasteiger partial charge in [-0.05, 0) is 95.8 Å². The van der Waals surface area contributed by atoms with Crippen molar-refractivity contribution in [2.75, 3.05) is 22.9 Å². The number of unbranched alkanes of at least 4 members (excludes halogenated alkanes) is 3. The summed E-state index contributed by atoms with van der Waals surface area (Å²) in [5.41, 5.74) is 0.912. The van der Waals surface area contributed by atoms with Crippen molar-refractivity contribution in [2.24, 2.45) is 0 Å². The number of para-hydroxylation sites is 2. The van der Waals surface area contributed by atoms with Crippen molar-refractivity contribution >= 4 is 23.2 Å². The molecule has 0 radical (unpaired) electrons. The number of nitrogens with zero attached hydrogens (tertiary/aromatic N) is 2. The first-order valence-corrected chi connectivity index (χ1v) is 18.8. The number of aromatic hydroxyl groups is 8. The van der Waals surface area contributed by atoms with Crippen LogP contribution >= 0.6 is 0 Å². The smallest absolute Gasteiger partial charge is 0.246 e. The molecule has 0 aromatic heterocycles. The molecule has 8 N–H and O–H groups in total. The van der Waals surface area contributed by atoms with E-state index in [0.29, 0.717) is 83.5 Å². The molecule has 12 heteroatoms. The first-order valence-electron chi connectivity index (χ1n) is 18.8. The number of phenols is 8. The van der Waals surface area contributed by atoms with Crippen LogP contribution in [-0.4, -0.2) is 65.8 Å². The summed E-state index contributed by atoms with van der Waals surface area (Å²) in [4.78, 5) is 33.0. The number of amides is 2. The molecule has 0 aliphatic carbocycles. The van der Waals surface area contributed by atoms with Crippen LogP contribution in [0.4, 0.5) is 11.4 Å². The van der Waals surface area contributed by atoms with Crippen LogP contribution in [0.25, 0.3) is 0 Å². The van der Waals surface area contributed by atoms with E-state index in [2.05, 4.69) is 0 Å². The lowest BCUT2D eigenvalue weighted by atomic mass is 9.70. The molecule has 0 unspecified atom stereocenters.